The Labute approximate surface area is 178 Å². The van der Waals surface area contributed by atoms with Crippen molar-refractivity contribution in [1.82, 2.24) is 24.5 Å². The molecule has 0 atom stereocenters. The predicted molar refractivity (Wildman–Crippen MR) is 118 cm³/mol. The van der Waals surface area contributed by atoms with Crippen molar-refractivity contribution in [2.24, 2.45) is 0 Å². The van der Waals surface area contributed by atoms with Crippen molar-refractivity contribution < 1.29 is 9.59 Å². The first kappa shape index (κ1) is 23.8. The van der Waals surface area contributed by atoms with Crippen molar-refractivity contribution in [3.63, 3.8) is 0 Å². The lowest BCUT2D eigenvalue weighted by Gasteiger charge is -2.37. The average Bonchev–Trinajstić information content (AvgIpc) is 3.09. The molecule has 0 aromatic rings. The van der Waals surface area contributed by atoms with E-state index >= 15 is 0 Å². The van der Waals surface area contributed by atoms with E-state index in [1.165, 1.54) is 32.1 Å². The number of piperazine rings is 1. The molecular formula is C22H43N5O2. The monoisotopic (exact) mass is 409 g/mol. The molecule has 0 saturated carbocycles. The third kappa shape index (κ3) is 7.36. The molecule has 2 aliphatic heterocycles. The van der Waals surface area contributed by atoms with Crippen molar-refractivity contribution in [3.05, 3.63) is 0 Å². The second kappa shape index (κ2) is 12.9. The van der Waals surface area contributed by atoms with Crippen LogP contribution < -0.4 is 0 Å². The van der Waals surface area contributed by atoms with Gasteiger partial charge in [0, 0.05) is 72.0 Å². The Kier molecular flexibility index (Phi) is 10.6. The number of carbonyl (C=O) groups excluding carboxylic acids is 2. The molecule has 2 rings (SSSR count). The second-order valence-electron chi connectivity index (χ2n) is 8.31. The lowest BCUT2D eigenvalue weighted by molar-refractivity contribution is 0.111. The van der Waals surface area contributed by atoms with Gasteiger partial charge in [0.1, 0.15) is 0 Å². The molecule has 29 heavy (non-hydrogen) atoms. The van der Waals surface area contributed by atoms with Gasteiger partial charge in [-0.25, -0.2) is 9.59 Å². The summed E-state index contributed by atoms with van der Waals surface area (Å²) in [7, 11) is 0. The molecule has 0 spiro atoms. The van der Waals surface area contributed by atoms with Gasteiger partial charge in [-0.1, -0.05) is 39.0 Å². The summed E-state index contributed by atoms with van der Waals surface area (Å²) in [6.45, 7) is 15.5. The highest BCUT2D eigenvalue weighted by molar-refractivity contribution is 5.76. The molecule has 7 heteroatoms. The molecule has 0 aliphatic carbocycles. The van der Waals surface area contributed by atoms with Crippen molar-refractivity contribution >= 4 is 12.1 Å². The maximum Gasteiger partial charge on any atom is 0.320 e. The first-order chi connectivity index (χ1) is 14.1. The number of rotatable bonds is 12. The summed E-state index contributed by atoms with van der Waals surface area (Å²) in [6.07, 6.45) is 7.59. The van der Waals surface area contributed by atoms with E-state index in [-0.39, 0.29) is 12.1 Å². The van der Waals surface area contributed by atoms with Crippen LogP contribution in [-0.4, -0.2) is 109 Å². The molecule has 0 aromatic carbocycles. The van der Waals surface area contributed by atoms with Crippen LogP contribution in [0.3, 0.4) is 0 Å². The molecule has 4 amide bonds. The third-order valence-corrected chi connectivity index (χ3v) is 6.33. The SMILES string of the molecule is CCCCCCCCN1CCN(CCN2CCN(C(=O)N(CC)CC)CC2)C1=O. The summed E-state index contributed by atoms with van der Waals surface area (Å²) >= 11 is 0. The fourth-order valence-electron chi connectivity index (χ4n) is 4.25. The minimum Gasteiger partial charge on any atom is -0.325 e. The summed E-state index contributed by atoms with van der Waals surface area (Å²) in [5.74, 6) is 0. The molecule has 7 nitrogen and oxygen atoms in total. The zero-order chi connectivity index (χ0) is 21.1. The number of unbranched alkanes of at least 4 members (excludes halogenated alkanes) is 5. The zero-order valence-electron chi connectivity index (χ0n) is 19.1. The molecule has 2 fully saturated rings. The van der Waals surface area contributed by atoms with Gasteiger partial charge in [-0.2, -0.15) is 0 Å². The number of hydrogen-bond donors (Lipinski definition) is 0. The topological polar surface area (TPSA) is 50.3 Å². The Balaban J connectivity index is 1.61. The molecule has 168 valence electrons. The normalized spacial score (nSPS) is 18.0. The highest BCUT2D eigenvalue weighted by Crippen LogP contribution is 2.13. The van der Waals surface area contributed by atoms with E-state index in [0.717, 1.165) is 78.4 Å². The highest BCUT2D eigenvalue weighted by atomic mass is 16.2. The van der Waals surface area contributed by atoms with E-state index in [0.29, 0.717) is 0 Å². The van der Waals surface area contributed by atoms with E-state index < -0.39 is 0 Å². The maximum atomic E-state index is 12.6. The Morgan fingerprint density at radius 2 is 1.34 bits per heavy atom. The smallest absolute Gasteiger partial charge is 0.320 e. The number of amides is 4. The lowest BCUT2D eigenvalue weighted by Crippen LogP contribution is -2.53. The van der Waals surface area contributed by atoms with Crippen LogP contribution >= 0.6 is 0 Å². The third-order valence-electron chi connectivity index (χ3n) is 6.33. The molecule has 0 N–H and O–H groups in total. The fourth-order valence-corrected chi connectivity index (χ4v) is 4.25. The number of carbonyl (C=O) groups is 2. The molecule has 2 saturated heterocycles. The first-order valence-corrected chi connectivity index (χ1v) is 11.9. The predicted octanol–water partition coefficient (Wildman–Crippen LogP) is 3.16. The summed E-state index contributed by atoms with van der Waals surface area (Å²) in [6, 6.07) is 0.378. The molecule has 0 bridgehead atoms. The van der Waals surface area contributed by atoms with E-state index in [9.17, 15) is 9.59 Å². The van der Waals surface area contributed by atoms with E-state index in [1.54, 1.807) is 0 Å². The van der Waals surface area contributed by atoms with Crippen LogP contribution in [0.2, 0.25) is 0 Å². The summed E-state index contributed by atoms with van der Waals surface area (Å²) in [5, 5.41) is 0. The number of hydrogen-bond acceptors (Lipinski definition) is 3. The van der Waals surface area contributed by atoms with E-state index in [2.05, 4.69) is 11.8 Å². The van der Waals surface area contributed by atoms with Crippen molar-refractivity contribution in [2.75, 3.05) is 72.0 Å². The van der Waals surface area contributed by atoms with Crippen LogP contribution in [-0.2, 0) is 0 Å². The van der Waals surface area contributed by atoms with Gasteiger partial charge in [-0.3, -0.25) is 4.90 Å². The van der Waals surface area contributed by atoms with Gasteiger partial charge in [0.15, 0.2) is 0 Å². The van der Waals surface area contributed by atoms with E-state index in [4.69, 9.17) is 0 Å². The van der Waals surface area contributed by atoms with Gasteiger partial charge in [-0.05, 0) is 20.3 Å². The molecule has 2 aliphatic rings. The van der Waals surface area contributed by atoms with Gasteiger partial charge >= 0.3 is 12.1 Å². The zero-order valence-corrected chi connectivity index (χ0v) is 19.1. The molecule has 0 aromatic heterocycles. The van der Waals surface area contributed by atoms with Crippen molar-refractivity contribution in [1.29, 1.82) is 0 Å². The minimum absolute atomic E-state index is 0.162. The Morgan fingerprint density at radius 3 is 1.97 bits per heavy atom. The van der Waals surface area contributed by atoms with Gasteiger partial charge < -0.3 is 19.6 Å². The number of nitrogens with zero attached hydrogens (tertiary/aromatic N) is 5. The van der Waals surface area contributed by atoms with Crippen LogP contribution in [0.1, 0.15) is 59.3 Å². The van der Waals surface area contributed by atoms with E-state index in [1.807, 2.05) is 33.4 Å². The van der Waals surface area contributed by atoms with Gasteiger partial charge in [0.2, 0.25) is 0 Å². The van der Waals surface area contributed by atoms with Gasteiger partial charge in [0.25, 0.3) is 0 Å². The van der Waals surface area contributed by atoms with Crippen molar-refractivity contribution in [3.8, 4) is 0 Å². The Hall–Kier alpha value is -1.50. The van der Waals surface area contributed by atoms with Crippen LogP contribution in [0.5, 0.6) is 0 Å². The van der Waals surface area contributed by atoms with Crippen molar-refractivity contribution in [2.45, 2.75) is 59.3 Å². The van der Waals surface area contributed by atoms with Crippen LogP contribution in [0.4, 0.5) is 9.59 Å². The summed E-state index contributed by atoms with van der Waals surface area (Å²) in [5.41, 5.74) is 0. The van der Waals surface area contributed by atoms with Crippen LogP contribution in [0.25, 0.3) is 0 Å². The standard InChI is InChI=1S/C22H43N5O2/c1-4-7-8-9-10-11-12-25-19-20-27(22(25)29)18-15-23-13-16-26(17-14-23)21(28)24(5-2)6-3/h4-20H2,1-3H3. The quantitative estimate of drug-likeness (QED) is 0.465. The average molecular weight is 410 g/mol. The minimum atomic E-state index is 0.162. The maximum absolute atomic E-state index is 12.6. The largest absolute Gasteiger partial charge is 0.325 e. The summed E-state index contributed by atoms with van der Waals surface area (Å²) in [4.78, 5) is 35.3. The Bertz CT molecular complexity index is 490. The molecule has 0 unspecified atom stereocenters. The van der Waals surface area contributed by atoms with Crippen LogP contribution in [0, 0.1) is 0 Å². The van der Waals surface area contributed by atoms with Crippen LogP contribution in [0.15, 0.2) is 0 Å². The fraction of sp³-hybridized carbons (Fsp3) is 0.909. The first-order valence-electron chi connectivity index (χ1n) is 11.9. The second-order valence-corrected chi connectivity index (χ2v) is 8.31. The Morgan fingerprint density at radius 1 is 0.759 bits per heavy atom. The van der Waals surface area contributed by atoms with Gasteiger partial charge in [-0.15, -0.1) is 0 Å². The molecule has 2 heterocycles. The molecule has 0 radical (unpaired) electrons. The summed E-state index contributed by atoms with van der Waals surface area (Å²) < 4.78 is 0. The van der Waals surface area contributed by atoms with Gasteiger partial charge in [0.05, 0.1) is 0 Å². The lowest BCUT2D eigenvalue weighted by atomic mass is 10.1. The molecular weight excluding hydrogens is 366 g/mol. The number of urea groups is 2. The highest BCUT2D eigenvalue weighted by Gasteiger charge is 2.29.